The highest BCUT2D eigenvalue weighted by Crippen LogP contribution is 2.19. The molecule has 0 unspecified atom stereocenters. The van der Waals surface area contributed by atoms with E-state index in [9.17, 15) is 0 Å². The maximum Gasteiger partial charge on any atom is 0.179 e. The normalized spacial score (nSPS) is 10.8. The Labute approximate surface area is 94.6 Å². The van der Waals surface area contributed by atoms with Crippen LogP contribution >= 0.6 is 0 Å². The molecule has 5 nitrogen and oxygen atoms in total. The summed E-state index contributed by atoms with van der Waals surface area (Å²) in [6.07, 6.45) is 5.33. The Bertz CT molecular complexity index is 475. The standard InChI is InChI=1S/C11H15N5/c1-8(2)16-7-13-6-9(16)11-14-5-4-10(12-3)15-11/h4-8H,1-3H3,(H,12,14,15). The third-order valence-corrected chi connectivity index (χ3v) is 2.36. The predicted octanol–water partition coefficient (Wildman–Crippen LogP) is 1.96. The first kappa shape index (κ1) is 10.6. The highest BCUT2D eigenvalue weighted by Gasteiger charge is 2.10. The summed E-state index contributed by atoms with van der Waals surface area (Å²) >= 11 is 0. The average Bonchev–Trinajstić information content (AvgIpc) is 2.78. The van der Waals surface area contributed by atoms with Gasteiger partial charge < -0.3 is 9.88 Å². The van der Waals surface area contributed by atoms with E-state index in [1.807, 2.05) is 13.1 Å². The number of imidazole rings is 1. The van der Waals surface area contributed by atoms with Gasteiger partial charge in [-0.2, -0.15) is 0 Å². The summed E-state index contributed by atoms with van der Waals surface area (Å²) in [6.45, 7) is 4.21. The number of hydrogen-bond acceptors (Lipinski definition) is 4. The summed E-state index contributed by atoms with van der Waals surface area (Å²) in [6, 6.07) is 2.18. The van der Waals surface area contributed by atoms with E-state index in [0.717, 1.165) is 11.5 Å². The molecule has 0 atom stereocenters. The lowest BCUT2D eigenvalue weighted by atomic mass is 10.3. The van der Waals surface area contributed by atoms with Crippen molar-refractivity contribution < 1.29 is 0 Å². The Morgan fingerprint density at radius 2 is 2.19 bits per heavy atom. The Balaban J connectivity index is 2.46. The third-order valence-electron chi connectivity index (χ3n) is 2.36. The second kappa shape index (κ2) is 4.30. The fourth-order valence-corrected chi connectivity index (χ4v) is 1.51. The van der Waals surface area contributed by atoms with Gasteiger partial charge in [0.25, 0.3) is 0 Å². The minimum atomic E-state index is 0.347. The molecule has 2 aromatic heterocycles. The summed E-state index contributed by atoms with van der Waals surface area (Å²) in [5.74, 6) is 1.50. The lowest BCUT2D eigenvalue weighted by molar-refractivity contribution is 0.603. The van der Waals surface area contributed by atoms with Crippen molar-refractivity contribution in [2.45, 2.75) is 19.9 Å². The average molecular weight is 217 g/mol. The van der Waals surface area contributed by atoms with Gasteiger partial charge >= 0.3 is 0 Å². The summed E-state index contributed by atoms with van der Waals surface area (Å²) < 4.78 is 2.05. The first-order valence-electron chi connectivity index (χ1n) is 5.25. The first-order valence-corrected chi connectivity index (χ1v) is 5.25. The molecule has 0 spiro atoms. The third kappa shape index (κ3) is 1.88. The van der Waals surface area contributed by atoms with Crippen LogP contribution in [0.4, 0.5) is 5.82 Å². The number of nitrogens with one attached hydrogen (secondary N) is 1. The van der Waals surface area contributed by atoms with Crippen LogP contribution < -0.4 is 5.32 Å². The summed E-state index contributed by atoms with van der Waals surface area (Å²) in [5, 5.41) is 3.00. The molecule has 2 rings (SSSR count). The van der Waals surface area contributed by atoms with Gasteiger partial charge in [-0.25, -0.2) is 15.0 Å². The molecule has 16 heavy (non-hydrogen) atoms. The second-order valence-electron chi connectivity index (χ2n) is 3.80. The van der Waals surface area contributed by atoms with E-state index in [-0.39, 0.29) is 0 Å². The van der Waals surface area contributed by atoms with E-state index < -0.39 is 0 Å². The van der Waals surface area contributed by atoms with Crippen LogP contribution in [-0.4, -0.2) is 26.6 Å². The van der Waals surface area contributed by atoms with Crippen molar-refractivity contribution in [2.75, 3.05) is 12.4 Å². The number of nitrogens with zero attached hydrogens (tertiary/aromatic N) is 4. The number of anilines is 1. The van der Waals surface area contributed by atoms with E-state index in [1.165, 1.54) is 0 Å². The van der Waals surface area contributed by atoms with E-state index in [0.29, 0.717) is 11.9 Å². The molecule has 0 saturated carbocycles. The van der Waals surface area contributed by atoms with E-state index in [4.69, 9.17) is 0 Å². The summed E-state index contributed by atoms with van der Waals surface area (Å²) in [4.78, 5) is 12.8. The molecule has 5 heteroatoms. The predicted molar refractivity (Wildman–Crippen MR) is 63.2 cm³/mol. The molecule has 84 valence electrons. The molecule has 0 radical (unpaired) electrons. The van der Waals surface area contributed by atoms with Crippen molar-refractivity contribution in [3.05, 3.63) is 24.8 Å². The molecule has 0 bridgehead atoms. The molecule has 2 aromatic rings. The molecule has 1 N–H and O–H groups in total. The van der Waals surface area contributed by atoms with Crippen molar-refractivity contribution in [3.63, 3.8) is 0 Å². The largest absolute Gasteiger partial charge is 0.373 e. The Morgan fingerprint density at radius 1 is 1.38 bits per heavy atom. The van der Waals surface area contributed by atoms with Crippen molar-refractivity contribution >= 4 is 5.82 Å². The van der Waals surface area contributed by atoms with Gasteiger partial charge in [0.2, 0.25) is 0 Å². The van der Waals surface area contributed by atoms with Gasteiger partial charge in [-0.15, -0.1) is 0 Å². The van der Waals surface area contributed by atoms with E-state index in [1.54, 1.807) is 18.7 Å². The fourth-order valence-electron chi connectivity index (χ4n) is 1.51. The van der Waals surface area contributed by atoms with Gasteiger partial charge in [0.1, 0.15) is 11.5 Å². The van der Waals surface area contributed by atoms with Crippen molar-refractivity contribution in [1.29, 1.82) is 0 Å². The smallest absolute Gasteiger partial charge is 0.179 e. The zero-order valence-corrected chi connectivity index (χ0v) is 9.68. The fraction of sp³-hybridized carbons (Fsp3) is 0.364. The molecule has 0 aromatic carbocycles. The van der Waals surface area contributed by atoms with Crippen LogP contribution in [0.3, 0.4) is 0 Å². The van der Waals surface area contributed by atoms with Crippen molar-refractivity contribution in [3.8, 4) is 11.5 Å². The van der Waals surface area contributed by atoms with Crippen LogP contribution in [0.25, 0.3) is 11.5 Å². The number of rotatable bonds is 3. The van der Waals surface area contributed by atoms with Crippen LogP contribution in [0, 0.1) is 0 Å². The quantitative estimate of drug-likeness (QED) is 0.853. The highest BCUT2D eigenvalue weighted by atomic mass is 15.1. The van der Waals surface area contributed by atoms with E-state index >= 15 is 0 Å². The van der Waals surface area contributed by atoms with E-state index in [2.05, 4.69) is 38.7 Å². The number of aromatic nitrogens is 4. The van der Waals surface area contributed by atoms with Gasteiger partial charge in [-0.3, -0.25) is 0 Å². The molecular weight excluding hydrogens is 202 g/mol. The molecule has 0 aliphatic carbocycles. The van der Waals surface area contributed by atoms with Gasteiger partial charge in [0.15, 0.2) is 5.82 Å². The van der Waals surface area contributed by atoms with Crippen LogP contribution in [0.5, 0.6) is 0 Å². The van der Waals surface area contributed by atoms with Crippen LogP contribution in [-0.2, 0) is 0 Å². The Morgan fingerprint density at radius 3 is 2.88 bits per heavy atom. The van der Waals surface area contributed by atoms with Crippen molar-refractivity contribution in [1.82, 2.24) is 19.5 Å². The van der Waals surface area contributed by atoms with Gasteiger partial charge in [0.05, 0.1) is 12.5 Å². The topological polar surface area (TPSA) is 55.6 Å². The van der Waals surface area contributed by atoms with Crippen LogP contribution in [0.2, 0.25) is 0 Å². The molecule has 0 amide bonds. The monoisotopic (exact) mass is 217 g/mol. The first-order chi connectivity index (χ1) is 7.72. The molecule has 0 aliphatic heterocycles. The minimum absolute atomic E-state index is 0.347. The highest BCUT2D eigenvalue weighted by molar-refractivity contribution is 5.51. The van der Waals surface area contributed by atoms with Gasteiger partial charge in [-0.1, -0.05) is 0 Å². The molecular formula is C11H15N5. The lowest BCUT2D eigenvalue weighted by Crippen LogP contribution is -2.04. The molecule has 2 heterocycles. The zero-order chi connectivity index (χ0) is 11.5. The maximum absolute atomic E-state index is 4.39. The molecule has 0 fully saturated rings. The summed E-state index contributed by atoms with van der Waals surface area (Å²) in [7, 11) is 1.84. The maximum atomic E-state index is 4.39. The van der Waals surface area contributed by atoms with Crippen LogP contribution in [0.15, 0.2) is 24.8 Å². The second-order valence-corrected chi connectivity index (χ2v) is 3.80. The van der Waals surface area contributed by atoms with Gasteiger partial charge in [-0.05, 0) is 19.9 Å². The van der Waals surface area contributed by atoms with Gasteiger partial charge in [0, 0.05) is 19.3 Å². The molecule has 0 saturated heterocycles. The SMILES string of the molecule is CNc1ccnc(-c2cncn2C(C)C)n1. The lowest BCUT2D eigenvalue weighted by Gasteiger charge is -2.10. The molecule has 0 aliphatic rings. The van der Waals surface area contributed by atoms with Crippen LogP contribution in [0.1, 0.15) is 19.9 Å². The summed E-state index contributed by atoms with van der Waals surface area (Å²) in [5.41, 5.74) is 0.937. The zero-order valence-electron chi connectivity index (χ0n) is 9.68. The van der Waals surface area contributed by atoms with Crippen molar-refractivity contribution in [2.24, 2.45) is 0 Å². The number of hydrogen-bond donors (Lipinski definition) is 1. The Hall–Kier alpha value is -1.91. The minimum Gasteiger partial charge on any atom is -0.373 e. The Kier molecular flexibility index (Phi) is 2.85.